The van der Waals surface area contributed by atoms with Crippen LogP contribution in [-0.2, 0) is 12.6 Å². The molecule has 0 saturated carbocycles. The van der Waals surface area contributed by atoms with Gasteiger partial charge in [0.2, 0.25) is 0 Å². The number of benzene rings is 1. The fourth-order valence-corrected chi connectivity index (χ4v) is 1.98. The summed E-state index contributed by atoms with van der Waals surface area (Å²) in [4.78, 5) is 0. The third-order valence-corrected chi connectivity index (χ3v) is 2.81. The van der Waals surface area contributed by atoms with E-state index in [0.29, 0.717) is 12.0 Å². The van der Waals surface area contributed by atoms with Gasteiger partial charge < -0.3 is 5.11 Å². The Bertz CT molecular complexity index is 420. The summed E-state index contributed by atoms with van der Waals surface area (Å²) in [5.74, 6) is -0.122. The largest absolute Gasteiger partial charge is 0.508 e. The molecule has 0 aromatic heterocycles. The molecule has 1 nitrogen and oxygen atoms in total. The average Bonchev–Trinajstić information content (AvgIpc) is 2.17. The van der Waals surface area contributed by atoms with E-state index in [4.69, 9.17) is 0 Å². The van der Waals surface area contributed by atoms with E-state index < -0.39 is 11.7 Å². The first-order chi connectivity index (χ1) is 8.12. The molecule has 0 aliphatic rings. The molecular weight excluding hydrogens is 241 g/mol. The normalized spacial score (nSPS) is 12.5. The highest BCUT2D eigenvalue weighted by Gasteiger charge is 2.34. The Morgan fingerprint density at radius 1 is 1.11 bits per heavy atom. The van der Waals surface area contributed by atoms with Gasteiger partial charge in [-0.05, 0) is 41.5 Å². The first-order valence-corrected chi connectivity index (χ1v) is 6.06. The van der Waals surface area contributed by atoms with Gasteiger partial charge in [0.05, 0.1) is 5.56 Å². The Labute approximate surface area is 106 Å². The number of halogens is 3. The predicted molar refractivity (Wildman–Crippen MR) is 65.7 cm³/mol. The summed E-state index contributed by atoms with van der Waals surface area (Å²) < 4.78 is 38.9. The molecule has 0 spiro atoms. The number of aromatic hydroxyl groups is 1. The molecule has 4 heteroatoms. The molecule has 0 aliphatic heterocycles. The van der Waals surface area contributed by atoms with Gasteiger partial charge in [-0.25, -0.2) is 0 Å². The third-order valence-electron chi connectivity index (χ3n) is 2.81. The Kier molecular flexibility index (Phi) is 4.30. The number of hydrogen-bond donors (Lipinski definition) is 1. The molecule has 0 atom stereocenters. The molecular formula is C14H19F3O. The number of phenols is 1. The van der Waals surface area contributed by atoms with Crippen molar-refractivity contribution in [2.45, 2.75) is 46.2 Å². The summed E-state index contributed by atoms with van der Waals surface area (Å²) in [6.45, 7) is 7.18. The molecule has 0 bridgehead atoms. The van der Waals surface area contributed by atoms with Gasteiger partial charge >= 0.3 is 6.18 Å². The maximum Gasteiger partial charge on any atom is 0.416 e. The monoisotopic (exact) mass is 260 g/mol. The first kappa shape index (κ1) is 14.9. The van der Waals surface area contributed by atoms with Crippen LogP contribution in [0.2, 0.25) is 0 Å². The topological polar surface area (TPSA) is 20.2 Å². The van der Waals surface area contributed by atoms with E-state index in [-0.39, 0.29) is 23.1 Å². The van der Waals surface area contributed by atoms with Crippen LogP contribution in [0.3, 0.4) is 0 Å². The summed E-state index contributed by atoms with van der Waals surface area (Å²) >= 11 is 0. The Hall–Kier alpha value is -1.19. The van der Waals surface area contributed by atoms with E-state index in [0.717, 1.165) is 6.07 Å². The van der Waals surface area contributed by atoms with Crippen molar-refractivity contribution in [1.29, 1.82) is 0 Å². The quantitative estimate of drug-likeness (QED) is 0.832. The molecule has 0 radical (unpaired) electrons. The fraction of sp³-hybridized carbons (Fsp3) is 0.571. The molecule has 1 aromatic rings. The minimum atomic E-state index is -4.38. The maximum atomic E-state index is 13.0. The Balaban J connectivity index is 3.36. The van der Waals surface area contributed by atoms with Crippen LogP contribution in [0.5, 0.6) is 5.75 Å². The minimum absolute atomic E-state index is 0.0413. The SMILES string of the molecule is CC(C)Cc1cc(C(F)(F)F)c(C(C)C)cc1O. The molecule has 1 N–H and O–H groups in total. The molecule has 0 unspecified atom stereocenters. The lowest BCUT2D eigenvalue weighted by molar-refractivity contribution is -0.138. The van der Waals surface area contributed by atoms with Crippen molar-refractivity contribution in [3.8, 4) is 5.75 Å². The zero-order valence-electron chi connectivity index (χ0n) is 11.1. The van der Waals surface area contributed by atoms with Crippen LogP contribution in [0.1, 0.15) is 50.3 Å². The fourth-order valence-electron chi connectivity index (χ4n) is 1.98. The minimum Gasteiger partial charge on any atom is -0.508 e. The van der Waals surface area contributed by atoms with Crippen LogP contribution >= 0.6 is 0 Å². The van der Waals surface area contributed by atoms with Crippen LogP contribution in [0.25, 0.3) is 0 Å². The van der Waals surface area contributed by atoms with E-state index in [2.05, 4.69) is 0 Å². The van der Waals surface area contributed by atoms with E-state index in [9.17, 15) is 18.3 Å². The van der Waals surface area contributed by atoms with E-state index >= 15 is 0 Å². The highest BCUT2D eigenvalue weighted by molar-refractivity contribution is 5.44. The second-order valence-electron chi connectivity index (χ2n) is 5.32. The lowest BCUT2D eigenvalue weighted by Crippen LogP contribution is -2.11. The Morgan fingerprint density at radius 2 is 1.67 bits per heavy atom. The lowest BCUT2D eigenvalue weighted by Gasteiger charge is -2.18. The smallest absolute Gasteiger partial charge is 0.416 e. The third kappa shape index (κ3) is 3.40. The molecule has 0 heterocycles. The zero-order chi connectivity index (χ0) is 14.1. The standard InChI is InChI=1S/C14H19F3O/c1-8(2)5-10-6-12(14(15,16)17)11(9(3)4)7-13(10)18/h6-9,18H,5H2,1-4H3. The van der Waals surface area contributed by atoms with Crippen molar-refractivity contribution >= 4 is 0 Å². The van der Waals surface area contributed by atoms with Gasteiger partial charge in [0.1, 0.15) is 5.75 Å². The molecule has 0 saturated heterocycles. The zero-order valence-corrected chi connectivity index (χ0v) is 11.1. The van der Waals surface area contributed by atoms with Crippen molar-refractivity contribution in [3.63, 3.8) is 0 Å². The van der Waals surface area contributed by atoms with E-state index in [1.54, 1.807) is 13.8 Å². The molecule has 0 fully saturated rings. The van der Waals surface area contributed by atoms with Crippen LogP contribution in [0, 0.1) is 5.92 Å². The second kappa shape index (κ2) is 5.21. The van der Waals surface area contributed by atoms with Gasteiger partial charge in [0, 0.05) is 0 Å². The summed E-state index contributed by atoms with van der Waals surface area (Å²) in [6.07, 6.45) is -3.94. The summed E-state index contributed by atoms with van der Waals surface area (Å²) in [5.41, 5.74) is -0.125. The predicted octanol–water partition coefficient (Wildman–Crippen LogP) is 4.73. The molecule has 0 amide bonds. The molecule has 18 heavy (non-hydrogen) atoms. The molecule has 1 aromatic carbocycles. The van der Waals surface area contributed by atoms with Crippen molar-refractivity contribution in [2.75, 3.05) is 0 Å². The van der Waals surface area contributed by atoms with E-state index in [1.165, 1.54) is 6.07 Å². The number of alkyl halides is 3. The second-order valence-corrected chi connectivity index (χ2v) is 5.32. The highest BCUT2D eigenvalue weighted by atomic mass is 19.4. The number of hydrogen-bond acceptors (Lipinski definition) is 1. The van der Waals surface area contributed by atoms with Crippen molar-refractivity contribution < 1.29 is 18.3 Å². The summed E-state index contributed by atoms with van der Waals surface area (Å²) in [5, 5.41) is 9.81. The van der Waals surface area contributed by atoms with Crippen LogP contribution in [0.15, 0.2) is 12.1 Å². The van der Waals surface area contributed by atoms with Crippen molar-refractivity contribution in [1.82, 2.24) is 0 Å². The van der Waals surface area contributed by atoms with Gasteiger partial charge in [-0.15, -0.1) is 0 Å². The lowest BCUT2D eigenvalue weighted by atomic mass is 9.91. The van der Waals surface area contributed by atoms with Crippen LogP contribution in [0.4, 0.5) is 13.2 Å². The van der Waals surface area contributed by atoms with Gasteiger partial charge in [0.15, 0.2) is 0 Å². The number of rotatable bonds is 3. The first-order valence-electron chi connectivity index (χ1n) is 6.06. The van der Waals surface area contributed by atoms with Crippen molar-refractivity contribution in [3.05, 3.63) is 28.8 Å². The number of phenolic OH excluding ortho intramolecular Hbond substituents is 1. The van der Waals surface area contributed by atoms with Crippen molar-refractivity contribution in [2.24, 2.45) is 5.92 Å². The van der Waals surface area contributed by atoms with Gasteiger partial charge in [0.25, 0.3) is 0 Å². The van der Waals surface area contributed by atoms with Gasteiger partial charge in [-0.2, -0.15) is 13.2 Å². The molecule has 1 rings (SSSR count). The van der Waals surface area contributed by atoms with E-state index in [1.807, 2.05) is 13.8 Å². The molecule has 0 aliphatic carbocycles. The van der Waals surface area contributed by atoms with Crippen LogP contribution < -0.4 is 0 Å². The van der Waals surface area contributed by atoms with Crippen LogP contribution in [-0.4, -0.2) is 5.11 Å². The maximum absolute atomic E-state index is 13.0. The molecule has 102 valence electrons. The average molecular weight is 260 g/mol. The summed E-state index contributed by atoms with van der Waals surface area (Å²) in [6, 6.07) is 2.34. The Morgan fingerprint density at radius 3 is 2.06 bits per heavy atom. The summed E-state index contributed by atoms with van der Waals surface area (Å²) in [7, 11) is 0. The van der Waals surface area contributed by atoms with Gasteiger partial charge in [-0.3, -0.25) is 0 Å². The van der Waals surface area contributed by atoms with Gasteiger partial charge in [-0.1, -0.05) is 27.7 Å². The highest BCUT2D eigenvalue weighted by Crippen LogP contribution is 2.39.